The molecule has 0 spiro atoms. The van der Waals surface area contributed by atoms with Gasteiger partial charge in [0.25, 0.3) is 0 Å². The lowest BCUT2D eigenvalue weighted by atomic mass is 9.91. The Hall–Kier alpha value is -2.07. The van der Waals surface area contributed by atoms with E-state index >= 15 is 0 Å². The topological polar surface area (TPSA) is 124 Å². The zero-order valence-corrected chi connectivity index (χ0v) is 15.8. The van der Waals surface area contributed by atoms with Crippen molar-refractivity contribution in [3.63, 3.8) is 0 Å². The van der Waals surface area contributed by atoms with Gasteiger partial charge in [-0.15, -0.1) is 0 Å². The smallest absolute Gasteiger partial charge is 0.241 e. The SMILES string of the molecule is C[C@@H](N)[C@H](CNc1cc(F)c(S(N)(=O)=O)cc1F)Cc1ccccc1CN. The van der Waals surface area contributed by atoms with Crippen molar-refractivity contribution in [1.82, 2.24) is 0 Å². The second-order valence-corrected chi connectivity index (χ2v) is 8.01. The third-order valence-electron chi connectivity index (χ3n) is 4.45. The van der Waals surface area contributed by atoms with E-state index in [1.54, 1.807) is 0 Å². The molecule has 27 heavy (non-hydrogen) atoms. The molecular weight excluding hydrogens is 374 g/mol. The maximum absolute atomic E-state index is 14.2. The van der Waals surface area contributed by atoms with Crippen LogP contribution in [0, 0.1) is 17.6 Å². The molecule has 6 nitrogen and oxygen atoms in total. The van der Waals surface area contributed by atoms with Crippen molar-refractivity contribution in [3.8, 4) is 0 Å². The minimum atomic E-state index is -4.34. The van der Waals surface area contributed by atoms with Gasteiger partial charge in [-0.25, -0.2) is 22.3 Å². The van der Waals surface area contributed by atoms with Crippen LogP contribution in [0.5, 0.6) is 0 Å². The molecule has 2 aromatic rings. The van der Waals surface area contributed by atoms with Gasteiger partial charge in [0.2, 0.25) is 10.0 Å². The Labute approximate surface area is 157 Å². The molecule has 2 aromatic carbocycles. The van der Waals surface area contributed by atoms with Crippen LogP contribution in [0.15, 0.2) is 41.3 Å². The first-order valence-corrected chi connectivity index (χ1v) is 9.96. The van der Waals surface area contributed by atoms with Crippen molar-refractivity contribution in [2.45, 2.75) is 30.8 Å². The van der Waals surface area contributed by atoms with E-state index in [4.69, 9.17) is 16.6 Å². The van der Waals surface area contributed by atoms with Crippen molar-refractivity contribution in [2.24, 2.45) is 22.5 Å². The largest absolute Gasteiger partial charge is 0.382 e. The number of sulfonamides is 1. The zero-order chi connectivity index (χ0) is 20.2. The molecule has 0 heterocycles. The van der Waals surface area contributed by atoms with Gasteiger partial charge in [0.15, 0.2) is 0 Å². The number of halogens is 2. The molecule has 2 rings (SSSR count). The number of hydrogen-bond donors (Lipinski definition) is 4. The summed E-state index contributed by atoms with van der Waals surface area (Å²) in [5.74, 6) is -2.11. The average molecular weight is 398 g/mol. The summed E-state index contributed by atoms with van der Waals surface area (Å²) in [6.45, 7) is 2.49. The first-order valence-electron chi connectivity index (χ1n) is 8.41. The highest BCUT2D eigenvalue weighted by Crippen LogP contribution is 2.23. The fourth-order valence-electron chi connectivity index (χ4n) is 2.81. The summed E-state index contributed by atoms with van der Waals surface area (Å²) in [6.07, 6.45) is 0.609. The number of hydrogen-bond acceptors (Lipinski definition) is 5. The van der Waals surface area contributed by atoms with E-state index in [0.29, 0.717) is 19.0 Å². The molecule has 0 aromatic heterocycles. The van der Waals surface area contributed by atoms with Crippen molar-refractivity contribution < 1.29 is 17.2 Å². The summed E-state index contributed by atoms with van der Waals surface area (Å²) in [5, 5.41) is 7.68. The van der Waals surface area contributed by atoms with Crippen molar-refractivity contribution in [3.05, 3.63) is 59.2 Å². The summed E-state index contributed by atoms with van der Waals surface area (Å²) in [5.41, 5.74) is 13.7. The number of rotatable bonds is 8. The maximum Gasteiger partial charge on any atom is 0.241 e. The first-order chi connectivity index (χ1) is 12.6. The fraction of sp³-hybridized carbons (Fsp3) is 0.333. The maximum atomic E-state index is 14.2. The predicted octanol–water partition coefficient (Wildman–Crippen LogP) is 1.69. The molecule has 0 amide bonds. The Morgan fingerprint density at radius 3 is 2.30 bits per heavy atom. The van der Waals surface area contributed by atoms with Gasteiger partial charge >= 0.3 is 0 Å². The second-order valence-electron chi connectivity index (χ2n) is 6.48. The number of nitrogens with one attached hydrogen (secondary N) is 1. The van der Waals surface area contributed by atoms with Gasteiger partial charge in [-0.2, -0.15) is 0 Å². The van der Waals surface area contributed by atoms with Gasteiger partial charge in [0.05, 0.1) is 5.69 Å². The lowest BCUT2D eigenvalue weighted by Crippen LogP contribution is -2.34. The molecule has 0 saturated heterocycles. The van der Waals surface area contributed by atoms with Gasteiger partial charge in [0, 0.05) is 25.2 Å². The third kappa shape index (κ3) is 5.46. The molecule has 0 unspecified atom stereocenters. The number of benzene rings is 2. The van der Waals surface area contributed by atoms with E-state index in [9.17, 15) is 17.2 Å². The molecule has 0 bridgehead atoms. The Morgan fingerprint density at radius 2 is 1.74 bits per heavy atom. The van der Waals surface area contributed by atoms with Crippen LogP contribution in [-0.2, 0) is 23.0 Å². The molecule has 0 aliphatic carbocycles. The lowest BCUT2D eigenvalue weighted by molar-refractivity contribution is 0.459. The van der Waals surface area contributed by atoms with Crippen LogP contribution < -0.4 is 21.9 Å². The number of anilines is 1. The predicted molar refractivity (Wildman–Crippen MR) is 101 cm³/mol. The van der Waals surface area contributed by atoms with E-state index < -0.39 is 26.6 Å². The molecular formula is C18H24F2N4O2S. The molecule has 0 aliphatic rings. The zero-order valence-electron chi connectivity index (χ0n) is 15.0. The minimum absolute atomic E-state index is 0.0851. The van der Waals surface area contributed by atoms with E-state index in [0.717, 1.165) is 17.2 Å². The van der Waals surface area contributed by atoms with Crippen LogP contribution in [0.4, 0.5) is 14.5 Å². The Balaban J connectivity index is 2.18. The number of nitrogens with two attached hydrogens (primary N) is 3. The van der Waals surface area contributed by atoms with Crippen molar-refractivity contribution >= 4 is 15.7 Å². The van der Waals surface area contributed by atoms with E-state index in [2.05, 4.69) is 5.32 Å². The highest BCUT2D eigenvalue weighted by atomic mass is 32.2. The molecule has 148 valence electrons. The lowest BCUT2D eigenvalue weighted by Gasteiger charge is -2.23. The highest BCUT2D eigenvalue weighted by molar-refractivity contribution is 7.89. The van der Waals surface area contributed by atoms with Crippen LogP contribution in [0.3, 0.4) is 0 Å². The van der Waals surface area contributed by atoms with Crippen LogP contribution >= 0.6 is 0 Å². The Morgan fingerprint density at radius 1 is 1.11 bits per heavy atom. The van der Waals surface area contributed by atoms with Crippen LogP contribution in [0.1, 0.15) is 18.1 Å². The molecule has 0 aliphatic heterocycles. The molecule has 0 radical (unpaired) electrons. The summed E-state index contributed by atoms with van der Waals surface area (Å²) in [4.78, 5) is -0.883. The molecule has 9 heteroatoms. The van der Waals surface area contributed by atoms with E-state index in [1.807, 2.05) is 31.2 Å². The standard InChI is InChI=1S/C18H24F2N4O2S/c1-11(22)14(6-12-4-2-3-5-13(12)9-21)10-24-17-7-16(20)18(8-15(17)19)27(23,25)26/h2-5,7-8,11,14,24H,6,9-10,21-22H2,1H3,(H2,23,25,26)/t11-,14+/m1/s1. The van der Waals surface area contributed by atoms with E-state index in [-0.39, 0.29) is 24.2 Å². The molecule has 7 N–H and O–H groups in total. The van der Waals surface area contributed by atoms with Crippen LogP contribution in [0.2, 0.25) is 0 Å². The number of primary sulfonamides is 1. The molecule has 2 atom stereocenters. The highest BCUT2D eigenvalue weighted by Gasteiger charge is 2.20. The summed E-state index contributed by atoms with van der Waals surface area (Å²) < 4.78 is 50.6. The van der Waals surface area contributed by atoms with Gasteiger partial charge in [-0.3, -0.25) is 0 Å². The fourth-order valence-corrected chi connectivity index (χ4v) is 3.40. The van der Waals surface area contributed by atoms with Gasteiger partial charge in [-0.1, -0.05) is 24.3 Å². The van der Waals surface area contributed by atoms with Crippen LogP contribution in [-0.4, -0.2) is 21.0 Å². The minimum Gasteiger partial charge on any atom is -0.382 e. The Bertz CT molecular complexity index is 904. The van der Waals surface area contributed by atoms with Crippen molar-refractivity contribution in [2.75, 3.05) is 11.9 Å². The quantitative estimate of drug-likeness (QED) is 0.539. The monoisotopic (exact) mass is 398 g/mol. The Kier molecular flexibility index (Phi) is 6.88. The van der Waals surface area contributed by atoms with Gasteiger partial charge in [0.1, 0.15) is 16.5 Å². The summed E-state index contributed by atoms with van der Waals surface area (Å²) >= 11 is 0. The average Bonchev–Trinajstić information content (AvgIpc) is 2.59. The molecule has 0 fully saturated rings. The van der Waals surface area contributed by atoms with E-state index in [1.165, 1.54) is 0 Å². The van der Waals surface area contributed by atoms with Crippen LogP contribution in [0.25, 0.3) is 0 Å². The first kappa shape index (κ1) is 21.2. The second kappa shape index (κ2) is 8.75. The van der Waals surface area contributed by atoms with Gasteiger partial charge in [-0.05, 0) is 36.5 Å². The normalized spacial score (nSPS) is 14.0. The summed E-state index contributed by atoms with van der Waals surface area (Å²) in [7, 11) is -4.34. The van der Waals surface area contributed by atoms with Gasteiger partial charge < -0.3 is 16.8 Å². The van der Waals surface area contributed by atoms with Crippen molar-refractivity contribution in [1.29, 1.82) is 0 Å². The summed E-state index contributed by atoms with van der Waals surface area (Å²) in [6, 6.07) is 8.82. The third-order valence-corrected chi connectivity index (χ3v) is 5.37. The molecule has 0 saturated carbocycles.